The molecule has 4 rings (SSSR count). The molecule has 1 saturated heterocycles. The molecule has 1 saturated carbocycles. The van der Waals surface area contributed by atoms with E-state index >= 15 is 0 Å². The Kier molecular flexibility index (Phi) is 5.15. The fraction of sp³-hybridized carbons (Fsp3) is 0.364. The number of ether oxygens (including phenoxy) is 1. The Balaban J connectivity index is 1.48. The quantitative estimate of drug-likeness (QED) is 0.584. The standard InChI is InChI=1S/C22H23N3O5/c1-30-19(27)16-12-14-6-2-3-7-15(14)13-17(16)23-18(26)8-11-25-20(28)22(24-21(25)29)9-4-5-10-22/h2-3,6-7,12-13H,4-5,8-11H2,1H3,(H,23,26)(H,24,29). The van der Waals surface area contributed by atoms with Gasteiger partial charge in [0.05, 0.1) is 18.4 Å². The number of hydrogen-bond acceptors (Lipinski definition) is 5. The molecule has 2 aromatic carbocycles. The van der Waals surface area contributed by atoms with E-state index in [2.05, 4.69) is 10.6 Å². The maximum Gasteiger partial charge on any atom is 0.339 e. The van der Waals surface area contributed by atoms with E-state index in [0.29, 0.717) is 18.5 Å². The van der Waals surface area contributed by atoms with Crippen LogP contribution in [0, 0.1) is 0 Å². The van der Waals surface area contributed by atoms with E-state index in [-0.39, 0.29) is 24.4 Å². The Morgan fingerprint density at radius 3 is 2.47 bits per heavy atom. The van der Waals surface area contributed by atoms with E-state index in [0.717, 1.165) is 28.5 Å². The van der Waals surface area contributed by atoms with E-state index in [1.54, 1.807) is 12.1 Å². The number of carbonyl (C=O) groups is 4. The van der Waals surface area contributed by atoms with Crippen molar-refractivity contribution in [2.75, 3.05) is 19.0 Å². The lowest BCUT2D eigenvalue weighted by Crippen LogP contribution is -2.44. The molecule has 0 bridgehead atoms. The van der Waals surface area contributed by atoms with Crippen molar-refractivity contribution < 1.29 is 23.9 Å². The highest BCUT2D eigenvalue weighted by atomic mass is 16.5. The topological polar surface area (TPSA) is 105 Å². The van der Waals surface area contributed by atoms with Gasteiger partial charge in [-0.25, -0.2) is 9.59 Å². The molecule has 0 aromatic heterocycles. The highest BCUT2D eigenvalue weighted by molar-refractivity contribution is 6.08. The summed E-state index contributed by atoms with van der Waals surface area (Å²) in [5.41, 5.74) is -0.219. The first-order valence-electron chi connectivity index (χ1n) is 9.99. The maximum atomic E-state index is 12.7. The Morgan fingerprint density at radius 2 is 1.80 bits per heavy atom. The molecule has 156 valence electrons. The monoisotopic (exact) mass is 409 g/mol. The van der Waals surface area contributed by atoms with Crippen LogP contribution in [0.15, 0.2) is 36.4 Å². The van der Waals surface area contributed by atoms with E-state index in [1.165, 1.54) is 7.11 Å². The van der Waals surface area contributed by atoms with Crippen LogP contribution in [0.2, 0.25) is 0 Å². The molecule has 1 aliphatic heterocycles. The number of esters is 1. The van der Waals surface area contributed by atoms with Gasteiger partial charge in [-0.2, -0.15) is 0 Å². The average molecular weight is 409 g/mol. The van der Waals surface area contributed by atoms with Gasteiger partial charge in [-0.3, -0.25) is 14.5 Å². The van der Waals surface area contributed by atoms with Crippen molar-refractivity contribution in [1.29, 1.82) is 0 Å². The van der Waals surface area contributed by atoms with E-state index in [9.17, 15) is 19.2 Å². The van der Waals surface area contributed by atoms with Crippen molar-refractivity contribution in [3.8, 4) is 0 Å². The number of benzene rings is 2. The van der Waals surface area contributed by atoms with Gasteiger partial charge in [0.1, 0.15) is 5.54 Å². The molecular formula is C22H23N3O5. The first-order valence-corrected chi connectivity index (χ1v) is 9.99. The van der Waals surface area contributed by atoms with Gasteiger partial charge in [-0.15, -0.1) is 0 Å². The SMILES string of the molecule is COC(=O)c1cc2ccccc2cc1NC(=O)CCN1C(=O)NC2(CCCC2)C1=O. The highest BCUT2D eigenvalue weighted by Crippen LogP contribution is 2.35. The number of anilines is 1. The van der Waals surface area contributed by atoms with Crippen LogP contribution in [0.4, 0.5) is 10.5 Å². The molecule has 1 spiro atoms. The van der Waals surface area contributed by atoms with Crippen LogP contribution >= 0.6 is 0 Å². The van der Waals surface area contributed by atoms with Crippen LogP contribution < -0.4 is 10.6 Å². The van der Waals surface area contributed by atoms with Gasteiger partial charge >= 0.3 is 12.0 Å². The molecule has 2 N–H and O–H groups in total. The fourth-order valence-corrected chi connectivity index (χ4v) is 4.25. The number of amides is 4. The van der Waals surface area contributed by atoms with E-state index in [4.69, 9.17) is 4.74 Å². The van der Waals surface area contributed by atoms with Crippen molar-refractivity contribution in [1.82, 2.24) is 10.2 Å². The summed E-state index contributed by atoms with van der Waals surface area (Å²) in [6.45, 7) is -0.0145. The Hall–Kier alpha value is -3.42. The first kappa shape index (κ1) is 19.9. The van der Waals surface area contributed by atoms with Gasteiger partial charge in [0, 0.05) is 13.0 Å². The van der Waals surface area contributed by atoms with Gasteiger partial charge in [0.2, 0.25) is 5.91 Å². The molecule has 8 nitrogen and oxygen atoms in total. The third-order valence-electron chi connectivity index (χ3n) is 5.83. The number of imide groups is 1. The number of fused-ring (bicyclic) bond motifs is 1. The molecule has 1 heterocycles. The number of nitrogens with zero attached hydrogens (tertiary/aromatic N) is 1. The molecule has 2 fully saturated rings. The summed E-state index contributed by atoms with van der Waals surface area (Å²) in [7, 11) is 1.28. The summed E-state index contributed by atoms with van der Waals surface area (Å²) in [5.74, 6) is -1.21. The van der Waals surface area contributed by atoms with Crippen molar-refractivity contribution in [3.63, 3.8) is 0 Å². The second-order valence-corrected chi connectivity index (χ2v) is 7.71. The lowest BCUT2D eigenvalue weighted by molar-refractivity contribution is -0.131. The highest BCUT2D eigenvalue weighted by Gasteiger charge is 2.52. The van der Waals surface area contributed by atoms with Gasteiger partial charge in [0.15, 0.2) is 0 Å². The summed E-state index contributed by atoms with van der Waals surface area (Å²) in [4.78, 5) is 50.8. The number of nitrogens with one attached hydrogen (secondary N) is 2. The zero-order chi connectivity index (χ0) is 21.3. The molecule has 1 aliphatic carbocycles. The van der Waals surface area contributed by atoms with Crippen molar-refractivity contribution >= 4 is 40.3 Å². The van der Waals surface area contributed by atoms with Crippen LogP contribution in [0.1, 0.15) is 42.5 Å². The van der Waals surface area contributed by atoms with Gasteiger partial charge in [0.25, 0.3) is 5.91 Å². The van der Waals surface area contributed by atoms with Crippen molar-refractivity contribution in [2.24, 2.45) is 0 Å². The lowest BCUT2D eigenvalue weighted by atomic mass is 9.98. The summed E-state index contributed by atoms with van der Waals surface area (Å²) in [6.07, 6.45) is 3.01. The minimum Gasteiger partial charge on any atom is -0.465 e. The van der Waals surface area contributed by atoms with E-state index < -0.39 is 23.4 Å². The van der Waals surface area contributed by atoms with Crippen LogP contribution in [0.3, 0.4) is 0 Å². The molecule has 2 aliphatic rings. The van der Waals surface area contributed by atoms with Gasteiger partial charge in [-0.05, 0) is 35.7 Å². The Bertz CT molecular complexity index is 1040. The minimum absolute atomic E-state index is 0.0145. The summed E-state index contributed by atoms with van der Waals surface area (Å²) in [5, 5.41) is 7.23. The third kappa shape index (κ3) is 3.49. The molecule has 0 radical (unpaired) electrons. The van der Waals surface area contributed by atoms with E-state index in [1.807, 2.05) is 24.3 Å². The van der Waals surface area contributed by atoms with Gasteiger partial charge < -0.3 is 15.4 Å². The second-order valence-electron chi connectivity index (χ2n) is 7.71. The smallest absolute Gasteiger partial charge is 0.339 e. The number of rotatable bonds is 5. The van der Waals surface area contributed by atoms with Crippen molar-refractivity contribution in [3.05, 3.63) is 42.0 Å². The average Bonchev–Trinajstić information content (AvgIpc) is 3.30. The van der Waals surface area contributed by atoms with Crippen LogP contribution in [-0.4, -0.2) is 47.9 Å². The second kappa shape index (κ2) is 7.78. The molecule has 2 aromatic rings. The van der Waals surface area contributed by atoms with Crippen LogP contribution in [0.25, 0.3) is 10.8 Å². The molecule has 8 heteroatoms. The summed E-state index contributed by atoms with van der Waals surface area (Å²) >= 11 is 0. The number of carbonyl (C=O) groups excluding carboxylic acids is 4. The normalized spacial score (nSPS) is 17.4. The molecule has 4 amide bonds. The molecule has 0 atom stereocenters. The summed E-state index contributed by atoms with van der Waals surface area (Å²) < 4.78 is 4.83. The van der Waals surface area contributed by atoms with Crippen LogP contribution in [-0.2, 0) is 14.3 Å². The largest absolute Gasteiger partial charge is 0.465 e. The predicted molar refractivity (Wildman–Crippen MR) is 110 cm³/mol. The predicted octanol–water partition coefficient (Wildman–Crippen LogP) is 2.82. The molecule has 30 heavy (non-hydrogen) atoms. The molecular weight excluding hydrogens is 386 g/mol. The fourth-order valence-electron chi connectivity index (χ4n) is 4.25. The number of methoxy groups -OCH3 is 1. The zero-order valence-corrected chi connectivity index (χ0v) is 16.7. The first-order chi connectivity index (χ1) is 14.4. The minimum atomic E-state index is -0.788. The van der Waals surface area contributed by atoms with Gasteiger partial charge in [-0.1, -0.05) is 37.1 Å². The maximum absolute atomic E-state index is 12.7. The van der Waals surface area contributed by atoms with Crippen LogP contribution in [0.5, 0.6) is 0 Å². The Labute approximate surface area is 173 Å². The zero-order valence-electron chi connectivity index (χ0n) is 16.7. The summed E-state index contributed by atoms with van der Waals surface area (Å²) in [6, 6.07) is 10.4. The molecule has 0 unspecified atom stereocenters. The lowest BCUT2D eigenvalue weighted by Gasteiger charge is -2.20. The van der Waals surface area contributed by atoms with Crippen molar-refractivity contribution in [2.45, 2.75) is 37.6 Å². The number of urea groups is 1. The Morgan fingerprint density at radius 1 is 1.13 bits per heavy atom. The number of hydrogen-bond donors (Lipinski definition) is 2. The third-order valence-corrected chi connectivity index (χ3v) is 5.83.